The van der Waals surface area contributed by atoms with Gasteiger partial charge in [0.25, 0.3) is 0 Å². The monoisotopic (exact) mass is 534 g/mol. The highest BCUT2D eigenvalue weighted by atomic mass is 16.7. The molecule has 202 valence electrons. The van der Waals surface area contributed by atoms with Crippen LogP contribution in [0.4, 0.5) is 0 Å². The molecule has 38 heavy (non-hydrogen) atoms. The van der Waals surface area contributed by atoms with Crippen LogP contribution in [0.25, 0.3) is 22.3 Å². The van der Waals surface area contributed by atoms with Gasteiger partial charge in [-0.3, -0.25) is 14.4 Å². The molecule has 0 aliphatic carbocycles. The first kappa shape index (κ1) is 26.4. The van der Waals surface area contributed by atoms with Gasteiger partial charge in [-0.1, -0.05) is 0 Å². The molecule has 0 radical (unpaired) electrons. The van der Waals surface area contributed by atoms with Gasteiger partial charge in [0.15, 0.2) is 35.2 Å². The molecule has 1 aromatic heterocycles. The standard InChI is InChI=1S/C24H22O14/c1-8(25)34-7-16-22(35-9(2)26)20(33)24(37-16)38-23-19(32)17-12(28)5-11(27)6-15(17)36-21(23)10-3-13(29)18(31)14(30)4-10/h3-6,16,20,22,24,27-31,33H,7H2,1-2H3/t16-,20+,22?,24-/m1/s1. The number of aliphatic hydroxyl groups is 1. The molecule has 3 aromatic rings. The third-order valence-electron chi connectivity index (χ3n) is 5.53. The average Bonchev–Trinajstić information content (AvgIpc) is 3.10. The number of rotatable bonds is 6. The molecule has 0 bridgehead atoms. The molecule has 0 amide bonds. The van der Waals surface area contributed by atoms with E-state index in [0.29, 0.717) is 0 Å². The van der Waals surface area contributed by atoms with Crippen LogP contribution in [0, 0.1) is 0 Å². The number of aliphatic hydroxyl groups excluding tert-OH is 1. The van der Waals surface area contributed by atoms with Crippen LogP contribution in [0.5, 0.6) is 34.5 Å². The van der Waals surface area contributed by atoms with E-state index in [-0.39, 0.29) is 11.1 Å². The van der Waals surface area contributed by atoms with E-state index in [2.05, 4.69) is 0 Å². The van der Waals surface area contributed by atoms with E-state index in [1.807, 2.05) is 0 Å². The highest BCUT2D eigenvalue weighted by molar-refractivity contribution is 5.88. The van der Waals surface area contributed by atoms with Gasteiger partial charge in [0.2, 0.25) is 17.5 Å². The number of aromatic hydroxyl groups is 5. The van der Waals surface area contributed by atoms with Crippen molar-refractivity contribution in [1.29, 1.82) is 0 Å². The molecule has 1 unspecified atom stereocenters. The van der Waals surface area contributed by atoms with Crippen molar-refractivity contribution < 1.29 is 63.6 Å². The molecule has 4 rings (SSSR count). The Labute approximate surface area is 212 Å². The van der Waals surface area contributed by atoms with E-state index in [1.54, 1.807) is 0 Å². The molecule has 6 N–H and O–H groups in total. The second-order valence-electron chi connectivity index (χ2n) is 8.32. The summed E-state index contributed by atoms with van der Waals surface area (Å²) in [5.41, 5.74) is -1.54. The van der Waals surface area contributed by atoms with Crippen LogP contribution in [0.15, 0.2) is 33.5 Å². The summed E-state index contributed by atoms with van der Waals surface area (Å²) in [5, 5.41) is 60.2. The highest BCUT2D eigenvalue weighted by Crippen LogP contribution is 2.43. The minimum absolute atomic E-state index is 0.199. The fraction of sp³-hybridized carbons (Fsp3) is 0.292. The smallest absolute Gasteiger partial charge is 0.303 e. The maximum atomic E-state index is 13.4. The van der Waals surface area contributed by atoms with Crippen LogP contribution in [-0.4, -0.2) is 73.8 Å². The van der Waals surface area contributed by atoms with E-state index >= 15 is 0 Å². The average molecular weight is 534 g/mol. The molecule has 1 aliphatic rings. The molecule has 1 fully saturated rings. The highest BCUT2D eigenvalue weighted by Gasteiger charge is 2.48. The largest absolute Gasteiger partial charge is 0.508 e. The summed E-state index contributed by atoms with van der Waals surface area (Å²) in [6.45, 7) is 1.75. The van der Waals surface area contributed by atoms with Crippen molar-refractivity contribution in [3.05, 3.63) is 34.5 Å². The Kier molecular flexibility index (Phi) is 6.93. The predicted molar refractivity (Wildman–Crippen MR) is 124 cm³/mol. The Morgan fingerprint density at radius 2 is 1.61 bits per heavy atom. The van der Waals surface area contributed by atoms with Crippen LogP contribution < -0.4 is 10.2 Å². The van der Waals surface area contributed by atoms with Crippen molar-refractivity contribution in [2.75, 3.05) is 6.61 Å². The first-order valence-corrected chi connectivity index (χ1v) is 11.0. The number of esters is 2. The molecule has 4 atom stereocenters. The van der Waals surface area contributed by atoms with Gasteiger partial charge in [-0.2, -0.15) is 0 Å². The zero-order valence-electron chi connectivity index (χ0n) is 19.8. The number of hydrogen-bond donors (Lipinski definition) is 6. The summed E-state index contributed by atoms with van der Waals surface area (Å²) >= 11 is 0. The maximum absolute atomic E-state index is 13.4. The van der Waals surface area contributed by atoms with Gasteiger partial charge in [-0.25, -0.2) is 0 Å². The van der Waals surface area contributed by atoms with Crippen molar-refractivity contribution in [3.8, 4) is 45.8 Å². The minimum Gasteiger partial charge on any atom is -0.508 e. The van der Waals surface area contributed by atoms with Crippen LogP contribution >= 0.6 is 0 Å². The van der Waals surface area contributed by atoms with Crippen molar-refractivity contribution >= 4 is 22.9 Å². The maximum Gasteiger partial charge on any atom is 0.303 e. The Morgan fingerprint density at radius 3 is 2.21 bits per heavy atom. The van der Waals surface area contributed by atoms with Crippen LogP contribution in [0.3, 0.4) is 0 Å². The van der Waals surface area contributed by atoms with Crippen molar-refractivity contribution in [1.82, 2.24) is 0 Å². The Hall–Kier alpha value is -4.69. The number of hydrogen-bond acceptors (Lipinski definition) is 14. The van der Waals surface area contributed by atoms with Crippen LogP contribution in [0.2, 0.25) is 0 Å². The zero-order chi connectivity index (χ0) is 27.9. The molecular formula is C24H22O14. The van der Waals surface area contributed by atoms with Gasteiger partial charge in [0.05, 0.1) is 0 Å². The number of phenols is 5. The van der Waals surface area contributed by atoms with E-state index in [1.165, 1.54) is 0 Å². The van der Waals surface area contributed by atoms with Crippen molar-refractivity contribution in [2.45, 2.75) is 38.4 Å². The lowest BCUT2D eigenvalue weighted by Gasteiger charge is -2.20. The summed E-state index contributed by atoms with van der Waals surface area (Å²) in [6.07, 6.45) is -6.00. The Morgan fingerprint density at radius 1 is 0.947 bits per heavy atom. The van der Waals surface area contributed by atoms with Gasteiger partial charge in [-0.05, 0) is 12.1 Å². The van der Waals surface area contributed by atoms with Gasteiger partial charge in [0, 0.05) is 31.5 Å². The number of phenolic OH excluding ortho intramolecular Hbond substituents is 5. The first-order valence-electron chi connectivity index (χ1n) is 11.0. The third-order valence-corrected chi connectivity index (χ3v) is 5.53. The normalized spacial score (nSPS) is 20.8. The Bertz CT molecular complexity index is 1450. The summed E-state index contributed by atoms with van der Waals surface area (Å²) in [4.78, 5) is 36.3. The Balaban J connectivity index is 1.85. The fourth-order valence-corrected chi connectivity index (χ4v) is 3.89. The number of ether oxygens (including phenoxy) is 4. The molecule has 2 heterocycles. The second kappa shape index (κ2) is 9.99. The number of carbonyl (C=O) groups is 2. The van der Waals surface area contributed by atoms with Crippen LogP contribution in [-0.2, 0) is 23.8 Å². The fourth-order valence-electron chi connectivity index (χ4n) is 3.89. The SMILES string of the molecule is CC(=O)OC[C@H]1O[C@H](Oc2c(-c3cc(O)c(O)c(O)c3)oc3cc(O)cc(O)c3c2=O)[C@@H](O)C1OC(C)=O. The molecule has 1 saturated heterocycles. The molecule has 2 aromatic carbocycles. The van der Waals surface area contributed by atoms with Gasteiger partial charge < -0.3 is 54.0 Å². The summed E-state index contributed by atoms with van der Waals surface area (Å²) in [5.74, 6) is -6.22. The van der Waals surface area contributed by atoms with Gasteiger partial charge in [0.1, 0.15) is 35.2 Å². The lowest BCUT2D eigenvalue weighted by atomic mass is 10.1. The van der Waals surface area contributed by atoms with Crippen molar-refractivity contribution in [2.24, 2.45) is 0 Å². The second-order valence-corrected chi connectivity index (χ2v) is 8.32. The molecule has 0 saturated carbocycles. The minimum atomic E-state index is -1.71. The number of carbonyl (C=O) groups excluding carboxylic acids is 2. The van der Waals surface area contributed by atoms with Gasteiger partial charge in [-0.15, -0.1) is 0 Å². The van der Waals surface area contributed by atoms with Crippen LogP contribution in [0.1, 0.15) is 13.8 Å². The van der Waals surface area contributed by atoms with E-state index in [9.17, 15) is 45.0 Å². The summed E-state index contributed by atoms with van der Waals surface area (Å²) < 4.78 is 26.9. The van der Waals surface area contributed by atoms with E-state index < -0.39 is 94.2 Å². The van der Waals surface area contributed by atoms with Crippen molar-refractivity contribution in [3.63, 3.8) is 0 Å². The first-order chi connectivity index (χ1) is 17.9. The lowest BCUT2D eigenvalue weighted by molar-refractivity contribution is -0.158. The molecule has 1 aliphatic heterocycles. The predicted octanol–water partition coefficient (Wildman–Crippen LogP) is 0.947. The number of benzene rings is 2. The molecular weight excluding hydrogens is 512 g/mol. The van der Waals surface area contributed by atoms with E-state index in [4.69, 9.17) is 23.4 Å². The molecule has 0 spiro atoms. The number of fused-ring (bicyclic) bond motifs is 1. The van der Waals surface area contributed by atoms with Gasteiger partial charge >= 0.3 is 11.9 Å². The lowest BCUT2D eigenvalue weighted by Crippen LogP contribution is -2.40. The third kappa shape index (κ3) is 4.94. The molecule has 14 nitrogen and oxygen atoms in total. The zero-order valence-corrected chi connectivity index (χ0v) is 19.8. The summed E-state index contributed by atoms with van der Waals surface area (Å²) in [7, 11) is 0. The quantitative estimate of drug-likeness (QED) is 0.191. The van der Waals surface area contributed by atoms with E-state index in [0.717, 1.165) is 38.1 Å². The molecule has 14 heteroatoms. The summed E-state index contributed by atoms with van der Waals surface area (Å²) in [6, 6.07) is 3.72. The topological polar surface area (TPSA) is 223 Å².